The Morgan fingerprint density at radius 1 is 1.23 bits per heavy atom. The minimum absolute atomic E-state index is 0.197. The zero-order valence-electron chi connectivity index (χ0n) is 15.3. The molecule has 0 aliphatic carbocycles. The van der Waals surface area contributed by atoms with E-state index in [9.17, 15) is 20.1 Å². The summed E-state index contributed by atoms with van der Waals surface area (Å²) >= 11 is 11.4. The fourth-order valence-corrected chi connectivity index (χ4v) is 3.50. The van der Waals surface area contributed by atoms with Crippen molar-refractivity contribution in [2.75, 3.05) is 11.2 Å². The van der Waals surface area contributed by atoms with Crippen LogP contribution in [0.4, 0.5) is 5.82 Å². The number of hydrogen-bond donors (Lipinski definition) is 4. The van der Waals surface area contributed by atoms with Gasteiger partial charge >= 0.3 is 0 Å². The van der Waals surface area contributed by atoms with Gasteiger partial charge in [-0.15, -0.1) is 11.6 Å². The molecule has 3 heterocycles. The van der Waals surface area contributed by atoms with Crippen LogP contribution in [0.5, 0.6) is 0 Å². The number of anilines is 1. The van der Waals surface area contributed by atoms with Gasteiger partial charge < -0.3 is 25.4 Å². The molecule has 1 aromatic carbocycles. The van der Waals surface area contributed by atoms with Gasteiger partial charge in [-0.1, -0.05) is 23.7 Å². The number of aliphatic hydroxyl groups is 3. The molecule has 10 nitrogen and oxygen atoms in total. The first-order valence-electron chi connectivity index (χ1n) is 8.90. The largest absolute Gasteiger partial charge is 0.387 e. The lowest BCUT2D eigenvalue weighted by atomic mass is 9.99. The second kappa shape index (κ2) is 8.42. The zero-order chi connectivity index (χ0) is 21.4. The number of aromatic nitrogens is 4. The summed E-state index contributed by atoms with van der Waals surface area (Å²) in [7, 11) is 0. The maximum atomic E-state index is 11.6. The molecule has 5 atom stereocenters. The molecule has 0 unspecified atom stereocenters. The first kappa shape index (κ1) is 20.9. The minimum Gasteiger partial charge on any atom is -0.387 e. The van der Waals surface area contributed by atoms with E-state index in [-0.39, 0.29) is 17.3 Å². The van der Waals surface area contributed by atoms with Crippen LogP contribution >= 0.6 is 23.2 Å². The first-order chi connectivity index (χ1) is 14.4. The van der Waals surface area contributed by atoms with Crippen LogP contribution in [0.15, 0.2) is 36.8 Å². The highest BCUT2D eigenvalue weighted by Crippen LogP contribution is 2.37. The van der Waals surface area contributed by atoms with Crippen molar-refractivity contribution in [3.05, 3.63) is 47.4 Å². The van der Waals surface area contributed by atoms with Crippen molar-refractivity contribution < 1.29 is 24.9 Å². The molecule has 0 saturated carbocycles. The molecule has 4 rings (SSSR count). The molecule has 1 aliphatic heterocycles. The van der Waals surface area contributed by atoms with E-state index in [4.69, 9.17) is 27.9 Å². The molecule has 2 aromatic heterocycles. The number of amides is 1. The molecule has 0 bridgehead atoms. The molecule has 12 heteroatoms. The average molecular weight is 454 g/mol. The number of carbonyl (C=O) groups is 1. The number of halogens is 2. The fraction of sp³-hybridized carbons (Fsp3) is 0.333. The number of carbonyl (C=O) groups excluding carboxylic acids is 1. The quantitative estimate of drug-likeness (QED) is 0.419. The van der Waals surface area contributed by atoms with Crippen LogP contribution in [0, 0.1) is 0 Å². The second-order valence-corrected chi connectivity index (χ2v) is 7.40. The molecule has 4 N–H and O–H groups in total. The van der Waals surface area contributed by atoms with Crippen molar-refractivity contribution in [1.29, 1.82) is 0 Å². The number of hydrogen-bond acceptors (Lipinski definition) is 8. The predicted molar refractivity (Wildman–Crippen MR) is 107 cm³/mol. The van der Waals surface area contributed by atoms with Gasteiger partial charge in [-0.25, -0.2) is 14.6 Å². The highest BCUT2D eigenvalue weighted by atomic mass is 35.5. The van der Waals surface area contributed by atoms with Crippen molar-refractivity contribution in [3.63, 3.8) is 0 Å². The Morgan fingerprint density at radius 3 is 2.67 bits per heavy atom. The third-order valence-electron chi connectivity index (χ3n) is 4.81. The molecule has 158 valence electrons. The van der Waals surface area contributed by atoms with Crippen molar-refractivity contribution in [3.8, 4) is 0 Å². The molecular weight excluding hydrogens is 437 g/mol. The SMILES string of the molecule is O=C(CCl)Nc1ncnc2c1cnn2[C@@H]1O[C@H]([C@H](O)c2ccc(Cl)cc2)[C@@H](O)[C@H]1O. The van der Waals surface area contributed by atoms with Crippen LogP contribution in [0.1, 0.15) is 17.9 Å². The summed E-state index contributed by atoms with van der Waals surface area (Å²) in [6.45, 7) is 0. The predicted octanol–water partition coefficient (Wildman–Crippen LogP) is 1.01. The van der Waals surface area contributed by atoms with Gasteiger partial charge in [0.25, 0.3) is 0 Å². The van der Waals surface area contributed by atoms with Crippen LogP contribution in [0.25, 0.3) is 11.0 Å². The minimum atomic E-state index is -1.39. The van der Waals surface area contributed by atoms with Crippen LogP contribution in [-0.2, 0) is 9.53 Å². The summed E-state index contributed by atoms with van der Waals surface area (Å²) in [6.07, 6.45) is -3.65. The summed E-state index contributed by atoms with van der Waals surface area (Å²) in [5.41, 5.74) is 0.725. The standard InChI is InChI=1S/C18H17Cl2N5O5/c19-5-11(26)24-16-10-6-23-25(17(10)22-7-21-16)18-14(29)13(28)15(30-18)12(27)8-1-3-9(20)4-2-8/h1-4,6-7,12-15,18,27-29H,5H2,(H,21,22,24,26)/t12-,13+,14-,15-,18-/m1/s1. The smallest absolute Gasteiger partial charge is 0.240 e. The van der Waals surface area contributed by atoms with Gasteiger partial charge in [0.05, 0.1) is 11.6 Å². The van der Waals surface area contributed by atoms with Gasteiger partial charge in [0.2, 0.25) is 5.91 Å². The maximum absolute atomic E-state index is 11.6. The number of nitrogens with one attached hydrogen (secondary N) is 1. The Morgan fingerprint density at radius 2 is 1.97 bits per heavy atom. The molecule has 1 saturated heterocycles. The van der Waals surface area contributed by atoms with Gasteiger partial charge in [0.1, 0.15) is 42.4 Å². The topological polar surface area (TPSA) is 143 Å². The molecule has 1 fully saturated rings. The molecule has 0 radical (unpaired) electrons. The third kappa shape index (κ3) is 3.73. The summed E-state index contributed by atoms with van der Waals surface area (Å²) in [5, 5.41) is 39.3. The van der Waals surface area contributed by atoms with Gasteiger partial charge in [-0.3, -0.25) is 4.79 Å². The lowest BCUT2D eigenvalue weighted by Crippen LogP contribution is -2.35. The monoisotopic (exact) mass is 453 g/mol. The van der Waals surface area contributed by atoms with Gasteiger partial charge in [-0.05, 0) is 17.7 Å². The van der Waals surface area contributed by atoms with Crippen molar-refractivity contribution in [1.82, 2.24) is 19.7 Å². The Hall–Kier alpha value is -2.34. The molecule has 30 heavy (non-hydrogen) atoms. The summed E-state index contributed by atoms with van der Waals surface area (Å²) in [6, 6.07) is 6.41. The first-order valence-corrected chi connectivity index (χ1v) is 9.81. The Bertz CT molecular complexity index is 1060. The number of nitrogens with zero attached hydrogens (tertiary/aromatic N) is 4. The summed E-state index contributed by atoms with van der Waals surface area (Å²) < 4.78 is 7.04. The van der Waals surface area contributed by atoms with E-state index in [1.165, 1.54) is 17.2 Å². The van der Waals surface area contributed by atoms with Gasteiger partial charge in [0.15, 0.2) is 11.9 Å². The Labute approximate surface area is 180 Å². The van der Waals surface area contributed by atoms with E-state index in [0.29, 0.717) is 16.0 Å². The second-order valence-electron chi connectivity index (χ2n) is 6.70. The van der Waals surface area contributed by atoms with Crippen LogP contribution < -0.4 is 5.32 Å². The fourth-order valence-electron chi connectivity index (χ4n) is 3.31. The van der Waals surface area contributed by atoms with Gasteiger partial charge in [-0.2, -0.15) is 5.10 Å². The summed E-state index contributed by atoms with van der Waals surface area (Å²) in [5.74, 6) is -0.508. The van der Waals surface area contributed by atoms with Crippen molar-refractivity contribution >= 4 is 46.0 Å². The van der Waals surface area contributed by atoms with Crippen LogP contribution in [0.2, 0.25) is 5.02 Å². The molecule has 3 aromatic rings. The summed E-state index contributed by atoms with van der Waals surface area (Å²) in [4.78, 5) is 19.7. The van der Waals surface area contributed by atoms with E-state index in [1.807, 2.05) is 0 Å². The number of aliphatic hydroxyl groups excluding tert-OH is 3. The van der Waals surface area contributed by atoms with E-state index in [2.05, 4.69) is 20.4 Å². The number of alkyl halides is 1. The van der Waals surface area contributed by atoms with Crippen LogP contribution in [0.3, 0.4) is 0 Å². The van der Waals surface area contributed by atoms with Crippen molar-refractivity contribution in [2.45, 2.75) is 30.6 Å². The number of benzene rings is 1. The van der Waals surface area contributed by atoms with E-state index >= 15 is 0 Å². The lowest BCUT2D eigenvalue weighted by Gasteiger charge is -2.21. The van der Waals surface area contributed by atoms with E-state index in [1.54, 1.807) is 24.3 Å². The average Bonchev–Trinajstić information content (AvgIpc) is 3.30. The molecule has 1 amide bonds. The third-order valence-corrected chi connectivity index (χ3v) is 5.30. The Kier molecular flexibility index (Phi) is 5.87. The van der Waals surface area contributed by atoms with E-state index < -0.39 is 36.6 Å². The number of fused-ring (bicyclic) bond motifs is 1. The maximum Gasteiger partial charge on any atom is 0.240 e. The van der Waals surface area contributed by atoms with Crippen molar-refractivity contribution in [2.24, 2.45) is 0 Å². The molecular formula is C18H17Cl2N5O5. The zero-order valence-corrected chi connectivity index (χ0v) is 16.8. The molecule has 0 spiro atoms. The van der Waals surface area contributed by atoms with Gasteiger partial charge in [0, 0.05) is 5.02 Å². The highest BCUT2D eigenvalue weighted by Gasteiger charge is 2.48. The Balaban J connectivity index is 1.63. The normalized spacial score (nSPS) is 24.8. The number of ether oxygens (including phenoxy) is 1. The lowest BCUT2D eigenvalue weighted by molar-refractivity contribution is -0.113. The van der Waals surface area contributed by atoms with Crippen LogP contribution in [-0.4, -0.2) is 65.2 Å². The number of rotatable bonds is 5. The molecule has 1 aliphatic rings. The van der Waals surface area contributed by atoms with E-state index in [0.717, 1.165) is 0 Å². The highest BCUT2D eigenvalue weighted by molar-refractivity contribution is 6.30.